The van der Waals surface area contributed by atoms with E-state index in [9.17, 15) is 13.6 Å². The van der Waals surface area contributed by atoms with Crippen LogP contribution in [0.2, 0.25) is 0 Å². The van der Waals surface area contributed by atoms with E-state index in [-0.39, 0.29) is 6.54 Å². The van der Waals surface area contributed by atoms with E-state index in [1.807, 2.05) is 0 Å². The predicted molar refractivity (Wildman–Crippen MR) is 56.3 cm³/mol. The quantitative estimate of drug-likeness (QED) is 0.807. The van der Waals surface area contributed by atoms with Gasteiger partial charge < -0.3 is 10.2 Å². The Balaban J connectivity index is 2.79. The number of aliphatic hydroxyl groups excluding tert-OH is 1. The van der Waals surface area contributed by atoms with E-state index in [1.54, 1.807) is 0 Å². The molecule has 0 saturated carbocycles. The van der Waals surface area contributed by atoms with E-state index < -0.39 is 30.3 Å². The molecule has 0 heterocycles. The molecule has 1 atom stereocenters. The number of benzene rings is 1. The van der Waals surface area contributed by atoms with Crippen LogP contribution >= 0.6 is 0 Å². The van der Waals surface area contributed by atoms with Crippen molar-refractivity contribution in [1.82, 2.24) is 4.90 Å². The zero-order valence-electron chi connectivity index (χ0n) is 9.23. The molecule has 0 aliphatic heterocycles. The fraction of sp³-hybridized carbons (Fsp3) is 0.364. The van der Waals surface area contributed by atoms with Gasteiger partial charge in [-0.25, -0.2) is 8.78 Å². The van der Waals surface area contributed by atoms with Crippen LogP contribution in [-0.4, -0.2) is 40.8 Å². The lowest BCUT2D eigenvalue weighted by Crippen LogP contribution is -2.40. The van der Waals surface area contributed by atoms with Crippen LogP contribution in [0.25, 0.3) is 0 Å². The lowest BCUT2D eigenvalue weighted by atomic mass is 10.1. The number of hydrogen-bond acceptors (Lipinski definition) is 3. The lowest BCUT2D eigenvalue weighted by molar-refractivity contribution is -0.144. The minimum atomic E-state index is -1.19. The number of likely N-dealkylation sites (N-methyl/N-ethyl adjacent to an activating group) is 1. The summed E-state index contributed by atoms with van der Waals surface area (Å²) in [4.78, 5) is 12.0. The van der Waals surface area contributed by atoms with E-state index in [0.717, 1.165) is 18.2 Å². The number of carboxylic acid groups (broad SMARTS) is 1. The Labute approximate surface area is 97.1 Å². The summed E-state index contributed by atoms with van der Waals surface area (Å²) in [5.74, 6) is -2.62. The van der Waals surface area contributed by atoms with Gasteiger partial charge in [-0.15, -0.1) is 0 Å². The Morgan fingerprint density at radius 2 is 1.88 bits per heavy atom. The maximum absolute atomic E-state index is 12.9. The molecular weight excluding hydrogens is 232 g/mol. The fourth-order valence-electron chi connectivity index (χ4n) is 1.51. The SMILES string of the molecule is CN(Cc1cc(F)cc(F)c1)[C@@H](CO)C(=O)O. The first kappa shape index (κ1) is 13.5. The highest BCUT2D eigenvalue weighted by molar-refractivity contribution is 5.73. The molecule has 17 heavy (non-hydrogen) atoms. The Morgan fingerprint density at radius 1 is 1.35 bits per heavy atom. The van der Waals surface area contributed by atoms with Crippen LogP contribution in [0, 0.1) is 11.6 Å². The van der Waals surface area contributed by atoms with Crippen LogP contribution in [-0.2, 0) is 11.3 Å². The third kappa shape index (κ3) is 3.76. The average molecular weight is 245 g/mol. The maximum atomic E-state index is 12.9. The van der Waals surface area contributed by atoms with Gasteiger partial charge in [0.05, 0.1) is 6.61 Å². The molecule has 1 rings (SSSR count). The molecule has 0 spiro atoms. The second kappa shape index (κ2) is 5.70. The molecule has 1 aromatic carbocycles. The molecule has 0 saturated heterocycles. The van der Waals surface area contributed by atoms with E-state index in [2.05, 4.69) is 0 Å². The molecule has 2 N–H and O–H groups in total. The first-order valence-corrected chi connectivity index (χ1v) is 4.93. The van der Waals surface area contributed by atoms with Crippen molar-refractivity contribution in [3.05, 3.63) is 35.4 Å². The van der Waals surface area contributed by atoms with Gasteiger partial charge in [0.1, 0.15) is 17.7 Å². The molecule has 0 aromatic heterocycles. The van der Waals surface area contributed by atoms with E-state index in [0.29, 0.717) is 5.56 Å². The second-order valence-electron chi connectivity index (χ2n) is 3.73. The molecule has 0 aliphatic carbocycles. The van der Waals surface area contributed by atoms with Crippen molar-refractivity contribution < 1.29 is 23.8 Å². The summed E-state index contributed by atoms with van der Waals surface area (Å²) in [6.45, 7) is -0.532. The van der Waals surface area contributed by atoms with E-state index in [4.69, 9.17) is 10.2 Å². The zero-order chi connectivity index (χ0) is 13.0. The first-order valence-electron chi connectivity index (χ1n) is 4.93. The Morgan fingerprint density at radius 3 is 2.29 bits per heavy atom. The number of rotatable bonds is 5. The van der Waals surface area contributed by atoms with Crippen LogP contribution in [0.15, 0.2) is 18.2 Å². The third-order valence-corrected chi connectivity index (χ3v) is 2.34. The average Bonchev–Trinajstić information content (AvgIpc) is 2.15. The molecule has 0 bridgehead atoms. The van der Waals surface area contributed by atoms with Crippen LogP contribution < -0.4 is 0 Å². The summed E-state index contributed by atoms with van der Waals surface area (Å²) >= 11 is 0. The monoisotopic (exact) mass is 245 g/mol. The Bertz CT molecular complexity index is 391. The van der Waals surface area contributed by atoms with Gasteiger partial charge in [-0.2, -0.15) is 0 Å². The second-order valence-corrected chi connectivity index (χ2v) is 3.73. The summed E-state index contributed by atoms with van der Waals surface area (Å²) in [6.07, 6.45) is 0. The van der Waals surface area contributed by atoms with Crippen molar-refractivity contribution in [2.45, 2.75) is 12.6 Å². The molecule has 0 fully saturated rings. The molecule has 6 heteroatoms. The van der Waals surface area contributed by atoms with Crippen molar-refractivity contribution >= 4 is 5.97 Å². The lowest BCUT2D eigenvalue weighted by Gasteiger charge is -2.22. The van der Waals surface area contributed by atoms with Crippen molar-refractivity contribution in [2.75, 3.05) is 13.7 Å². The van der Waals surface area contributed by atoms with Gasteiger partial charge in [-0.1, -0.05) is 0 Å². The van der Waals surface area contributed by atoms with Crippen molar-refractivity contribution in [3.63, 3.8) is 0 Å². The van der Waals surface area contributed by atoms with Crippen LogP contribution in [0.4, 0.5) is 8.78 Å². The van der Waals surface area contributed by atoms with Crippen LogP contribution in [0.3, 0.4) is 0 Å². The molecule has 0 radical (unpaired) electrons. The first-order chi connectivity index (χ1) is 7.93. The summed E-state index contributed by atoms with van der Waals surface area (Å²) < 4.78 is 25.8. The largest absolute Gasteiger partial charge is 0.480 e. The summed E-state index contributed by atoms with van der Waals surface area (Å²) in [5.41, 5.74) is 0.310. The third-order valence-electron chi connectivity index (χ3n) is 2.34. The minimum Gasteiger partial charge on any atom is -0.480 e. The summed E-state index contributed by atoms with van der Waals surface area (Å²) in [5, 5.41) is 17.7. The molecule has 0 amide bonds. The van der Waals surface area contributed by atoms with E-state index >= 15 is 0 Å². The number of carboxylic acids is 1. The maximum Gasteiger partial charge on any atom is 0.323 e. The van der Waals surface area contributed by atoms with Gasteiger partial charge in [0.15, 0.2) is 0 Å². The van der Waals surface area contributed by atoms with Gasteiger partial charge in [0.2, 0.25) is 0 Å². The molecular formula is C11H13F2NO3. The molecule has 94 valence electrons. The Hall–Kier alpha value is -1.53. The molecule has 4 nitrogen and oxygen atoms in total. The topological polar surface area (TPSA) is 60.8 Å². The highest BCUT2D eigenvalue weighted by Crippen LogP contribution is 2.11. The van der Waals surface area contributed by atoms with Gasteiger partial charge in [0.25, 0.3) is 0 Å². The van der Waals surface area contributed by atoms with Crippen molar-refractivity contribution in [2.24, 2.45) is 0 Å². The zero-order valence-corrected chi connectivity index (χ0v) is 9.23. The fourth-order valence-corrected chi connectivity index (χ4v) is 1.51. The normalized spacial score (nSPS) is 12.8. The predicted octanol–water partition coefficient (Wildman–Crippen LogP) is 0.842. The number of halogens is 2. The number of aliphatic carboxylic acids is 1. The van der Waals surface area contributed by atoms with Crippen LogP contribution in [0.5, 0.6) is 0 Å². The van der Waals surface area contributed by atoms with Gasteiger partial charge in [0, 0.05) is 12.6 Å². The number of carbonyl (C=O) groups is 1. The molecule has 0 aliphatic rings. The van der Waals surface area contributed by atoms with Gasteiger partial charge in [-0.05, 0) is 24.7 Å². The molecule has 0 unspecified atom stereocenters. The highest BCUT2D eigenvalue weighted by Gasteiger charge is 2.21. The smallest absolute Gasteiger partial charge is 0.323 e. The molecule has 1 aromatic rings. The summed E-state index contributed by atoms with van der Waals surface area (Å²) in [6, 6.07) is 1.89. The number of nitrogens with zero attached hydrogens (tertiary/aromatic N) is 1. The standard InChI is InChI=1S/C11H13F2NO3/c1-14(10(6-15)11(16)17)5-7-2-8(12)4-9(13)3-7/h2-4,10,15H,5-6H2,1H3,(H,16,17)/t10-/m0/s1. The minimum absolute atomic E-state index is 0.0339. The highest BCUT2D eigenvalue weighted by atomic mass is 19.1. The van der Waals surface area contributed by atoms with Gasteiger partial charge >= 0.3 is 5.97 Å². The van der Waals surface area contributed by atoms with Crippen molar-refractivity contribution in [1.29, 1.82) is 0 Å². The number of aliphatic hydroxyl groups is 1. The van der Waals surface area contributed by atoms with Crippen molar-refractivity contribution in [3.8, 4) is 0 Å². The van der Waals surface area contributed by atoms with Gasteiger partial charge in [-0.3, -0.25) is 9.69 Å². The van der Waals surface area contributed by atoms with E-state index in [1.165, 1.54) is 11.9 Å². The Kier molecular flexibility index (Phi) is 4.53. The van der Waals surface area contributed by atoms with Crippen LogP contribution in [0.1, 0.15) is 5.56 Å². The summed E-state index contributed by atoms with van der Waals surface area (Å²) in [7, 11) is 1.46. The number of hydrogen-bond donors (Lipinski definition) is 2.